The number of nitrogens with two attached hydrogens (primary N) is 1. The third-order valence-corrected chi connectivity index (χ3v) is 4.27. The molecule has 1 atom stereocenters. The van der Waals surface area contributed by atoms with E-state index in [4.69, 9.17) is 23.2 Å². The quantitative estimate of drug-likeness (QED) is 0.704. The van der Waals surface area contributed by atoms with Crippen molar-refractivity contribution in [1.29, 1.82) is 5.26 Å². The van der Waals surface area contributed by atoms with Gasteiger partial charge in [0.05, 0.1) is 9.39 Å². The standard InChI is InChI=1S/C11H12N2S2/c1-6-2-3-7-8(4-6)11(14)15-10(13)9(7)5-12/h6H,2-4,13H2,1H3/t6-/m0/s1. The van der Waals surface area contributed by atoms with Crippen LogP contribution in [0, 0.1) is 21.1 Å². The SMILES string of the molecule is C[C@H]1CCc2c(C#N)c(N)sc(=S)c2C1. The predicted molar refractivity (Wildman–Crippen MR) is 65.5 cm³/mol. The average molecular weight is 236 g/mol. The molecule has 0 amide bonds. The van der Waals surface area contributed by atoms with Crippen LogP contribution in [0.25, 0.3) is 0 Å². The van der Waals surface area contributed by atoms with Crippen molar-refractivity contribution in [2.45, 2.75) is 26.2 Å². The van der Waals surface area contributed by atoms with Gasteiger partial charge in [-0.2, -0.15) is 5.26 Å². The van der Waals surface area contributed by atoms with Gasteiger partial charge in [0.15, 0.2) is 0 Å². The summed E-state index contributed by atoms with van der Waals surface area (Å²) >= 11 is 6.69. The molecule has 0 spiro atoms. The van der Waals surface area contributed by atoms with Crippen LogP contribution in [0.3, 0.4) is 0 Å². The van der Waals surface area contributed by atoms with Crippen molar-refractivity contribution in [2.75, 3.05) is 5.73 Å². The summed E-state index contributed by atoms with van der Waals surface area (Å²) in [5.41, 5.74) is 8.78. The fourth-order valence-corrected chi connectivity index (χ4v) is 3.36. The summed E-state index contributed by atoms with van der Waals surface area (Å²) in [5.74, 6) is 0.668. The molecule has 0 bridgehead atoms. The fraction of sp³-hybridized carbons (Fsp3) is 0.455. The number of fused-ring (bicyclic) bond motifs is 1. The van der Waals surface area contributed by atoms with Gasteiger partial charge >= 0.3 is 0 Å². The topological polar surface area (TPSA) is 49.8 Å². The molecule has 15 heavy (non-hydrogen) atoms. The van der Waals surface area contributed by atoms with Gasteiger partial charge in [0.25, 0.3) is 0 Å². The van der Waals surface area contributed by atoms with E-state index in [0.717, 1.165) is 28.6 Å². The Bertz CT molecular complexity index is 497. The summed E-state index contributed by atoms with van der Waals surface area (Å²) in [6.45, 7) is 2.23. The molecule has 1 aromatic rings. The van der Waals surface area contributed by atoms with Crippen molar-refractivity contribution in [3.05, 3.63) is 20.5 Å². The Hall–Kier alpha value is -0.920. The highest BCUT2D eigenvalue weighted by molar-refractivity contribution is 7.73. The van der Waals surface area contributed by atoms with E-state index in [-0.39, 0.29) is 0 Å². The molecule has 0 radical (unpaired) electrons. The molecule has 0 aromatic carbocycles. The molecule has 1 aliphatic rings. The Morgan fingerprint density at radius 2 is 2.27 bits per heavy atom. The van der Waals surface area contributed by atoms with Crippen molar-refractivity contribution < 1.29 is 0 Å². The van der Waals surface area contributed by atoms with E-state index in [1.807, 2.05) is 0 Å². The molecule has 78 valence electrons. The van der Waals surface area contributed by atoms with Gasteiger partial charge in [0, 0.05) is 0 Å². The zero-order chi connectivity index (χ0) is 11.0. The third kappa shape index (κ3) is 1.77. The summed E-state index contributed by atoms with van der Waals surface area (Å²) in [4.78, 5) is 0. The lowest BCUT2D eigenvalue weighted by molar-refractivity contribution is 0.501. The highest BCUT2D eigenvalue weighted by Gasteiger charge is 2.21. The number of nitrogen functional groups attached to an aromatic ring is 1. The van der Waals surface area contributed by atoms with E-state index >= 15 is 0 Å². The maximum atomic E-state index is 9.07. The number of hydrogen-bond donors (Lipinski definition) is 1. The first kappa shape index (κ1) is 10.6. The molecule has 1 heterocycles. The summed E-state index contributed by atoms with van der Waals surface area (Å²) < 4.78 is 0.869. The first-order valence-corrected chi connectivity index (χ1v) is 6.20. The van der Waals surface area contributed by atoms with Gasteiger partial charge in [-0.1, -0.05) is 19.1 Å². The van der Waals surface area contributed by atoms with E-state index in [9.17, 15) is 0 Å². The smallest absolute Gasteiger partial charge is 0.105 e. The number of rotatable bonds is 0. The minimum atomic E-state index is 0.579. The maximum absolute atomic E-state index is 9.07. The Morgan fingerprint density at radius 1 is 1.53 bits per heavy atom. The Labute approximate surface area is 98.4 Å². The normalized spacial score (nSPS) is 19.3. The molecule has 0 fully saturated rings. The number of anilines is 1. The molecule has 4 heteroatoms. The Morgan fingerprint density at radius 3 is 2.93 bits per heavy atom. The predicted octanol–water partition coefficient (Wildman–Crippen LogP) is 3.06. The van der Waals surface area contributed by atoms with Crippen molar-refractivity contribution in [3.8, 4) is 6.07 Å². The van der Waals surface area contributed by atoms with Crippen LogP contribution in [-0.2, 0) is 12.8 Å². The number of hydrogen-bond acceptors (Lipinski definition) is 4. The van der Waals surface area contributed by atoms with Crippen LogP contribution in [0.15, 0.2) is 0 Å². The summed E-state index contributed by atoms with van der Waals surface area (Å²) in [5, 5.41) is 9.65. The number of nitrogens with zero attached hydrogens (tertiary/aromatic N) is 1. The van der Waals surface area contributed by atoms with Crippen LogP contribution in [0.2, 0.25) is 0 Å². The van der Waals surface area contributed by atoms with E-state index in [0.29, 0.717) is 16.5 Å². The van der Waals surface area contributed by atoms with Gasteiger partial charge < -0.3 is 5.73 Å². The Balaban J connectivity index is 2.69. The monoisotopic (exact) mass is 236 g/mol. The van der Waals surface area contributed by atoms with E-state index in [1.165, 1.54) is 16.9 Å². The fourth-order valence-electron chi connectivity index (χ4n) is 2.08. The van der Waals surface area contributed by atoms with Crippen LogP contribution < -0.4 is 5.73 Å². The highest BCUT2D eigenvalue weighted by atomic mass is 32.1. The molecule has 1 aromatic heterocycles. The maximum Gasteiger partial charge on any atom is 0.105 e. The van der Waals surface area contributed by atoms with Gasteiger partial charge in [0.1, 0.15) is 11.1 Å². The molecule has 1 aliphatic carbocycles. The first-order valence-electron chi connectivity index (χ1n) is 4.98. The summed E-state index contributed by atoms with van der Waals surface area (Å²) in [6, 6.07) is 2.20. The first-order chi connectivity index (χ1) is 7.13. The van der Waals surface area contributed by atoms with Crippen molar-refractivity contribution in [3.63, 3.8) is 0 Å². The van der Waals surface area contributed by atoms with Gasteiger partial charge in [0.2, 0.25) is 0 Å². The molecule has 0 aliphatic heterocycles. The zero-order valence-electron chi connectivity index (χ0n) is 8.54. The van der Waals surface area contributed by atoms with Crippen molar-refractivity contribution in [2.24, 2.45) is 5.92 Å². The average Bonchev–Trinajstić information content (AvgIpc) is 2.19. The van der Waals surface area contributed by atoms with Crippen LogP contribution in [-0.4, -0.2) is 0 Å². The second-order valence-electron chi connectivity index (χ2n) is 4.05. The number of nitriles is 1. The third-order valence-electron chi connectivity index (χ3n) is 2.91. The molecule has 0 saturated carbocycles. The lowest BCUT2D eigenvalue weighted by Crippen LogP contribution is -2.13. The summed E-state index contributed by atoms with van der Waals surface area (Å²) in [7, 11) is 0. The van der Waals surface area contributed by atoms with Crippen LogP contribution in [0.5, 0.6) is 0 Å². The lowest BCUT2D eigenvalue weighted by Gasteiger charge is -2.22. The largest absolute Gasteiger partial charge is 0.389 e. The van der Waals surface area contributed by atoms with Crippen LogP contribution in [0.4, 0.5) is 5.00 Å². The second kappa shape index (κ2) is 3.92. The molecule has 2 nitrogen and oxygen atoms in total. The molecular formula is C11H12N2S2. The second-order valence-corrected chi connectivity index (χ2v) is 5.76. The minimum Gasteiger partial charge on any atom is -0.389 e. The molecular weight excluding hydrogens is 224 g/mol. The Kier molecular flexibility index (Phi) is 2.76. The molecule has 2 N–H and O–H groups in total. The minimum absolute atomic E-state index is 0.579. The zero-order valence-corrected chi connectivity index (χ0v) is 10.2. The van der Waals surface area contributed by atoms with Gasteiger partial charge in [-0.05, 0) is 36.3 Å². The van der Waals surface area contributed by atoms with Gasteiger partial charge in [-0.3, -0.25) is 0 Å². The van der Waals surface area contributed by atoms with Crippen molar-refractivity contribution in [1.82, 2.24) is 0 Å². The molecule has 2 rings (SSSR count). The molecule has 0 saturated heterocycles. The highest BCUT2D eigenvalue weighted by Crippen LogP contribution is 2.34. The van der Waals surface area contributed by atoms with E-state index in [2.05, 4.69) is 13.0 Å². The molecule has 0 unspecified atom stereocenters. The van der Waals surface area contributed by atoms with Gasteiger partial charge in [-0.25, -0.2) is 0 Å². The van der Waals surface area contributed by atoms with E-state index < -0.39 is 0 Å². The van der Waals surface area contributed by atoms with E-state index in [1.54, 1.807) is 0 Å². The summed E-state index contributed by atoms with van der Waals surface area (Å²) in [6.07, 6.45) is 3.07. The van der Waals surface area contributed by atoms with Crippen molar-refractivity contribution >= 4 is 28.6 Å². The van der Waals surface area contributed by atoms with Crippen LogP contribution in [0.1, 0.15) is 30.0 Å². The lowest BCUT2D eigenvalue weighted by atomic mass is 9.85. The van der Waals surface area contributed by atoms with Gasteiger partial charge in [-0.15, -0.1) is 11.3 Å². The van der Waals surface area contributed by atoms with Crippen LogP contribution >= 0.6 is 23.6 Å².